The Labute approximate surface area is 122 Å². The number of thiazole rings is 1. The van der Waals surface area contributed by atoms with Crippen LogP contribution in [-0.2, 0) is 39.1 Å². The van der Waals surface area contributed by atoms with Gasteiger partial charge in [0.1, 0.15) is 0 Å². The third kappa shape index (κ3) is 4.26. The summed E-state index contributed by atoms with van der Waals surface area (Å²) in [6.45, 7) is 1.07. The largest absolute Gasteiger partial charge is 0.364 e. The summed E-state index contributed by atoms with van der Waals surface area (Å²) in [6, 6.07) is 0.610. The number of nitrogens with zero attached hydrogens (tertiary/aromatic N) is 2. The first kappa shape index (κ1) is 13.8. The van der Waals surface area contributed by atoms with Crippen molar-refractivity contribution in [2.24, 2.45) is 0 Å². The molecule has 15 heavy (non-hydrogen) atoms. The van der Waals surface area contributed by atoms with E-state index in [4.69, 9.17) is 7.98 Å². The molecule has 0 saturated carbocycles. The Morgan fingerprint density at radius 1 is 1.67 bits per heavy atom. The Bertz CT molecular complexity index is 268. The maximum atomic E-state index is 5.85. The van der Waals surface area contributed by atoms with Crippen LogP contribution in [-0.4, -0.2) is 30.4 Å². The Morgan fingerprint density at radius 3 is 3.13 bits per heavy atom. The molecule has 1 aromatic heterocycles. The van der Waals surface area contributed by atoms with Gasteiger partial charge < -0.3 is 21.1 Å². The molecule has 0 amide bonds. The predicted octanol–water partition coefficient (Wildman–Crippen LogP) is 1.81. The van der Waals surface area contributed by atoms with Crippen molar-refractivity contribution in [3.63, 3.8) is 0 Å². The molecule has 1 aliphatic rings. The van der Waals surface area contributed by atoms with Crippen LogP contribution in [0.1, 0.15) is 30.7 Å². The zero-order valence-electron chi connectivity index (χ0n) is 8.85. The van der Waals surface area contributed by atoms with Crippen LogP contribution in [0.15, 0.2) is 6.20 Å². The monoisotopic (exact) mass is 294 g/mol. The Balaban J connectivity index is 0.00000112. The Kier molecular flexibility index (Phi) is 6.59. The van der Waals surface area contributed by atoms with E-state index in [9.17, 15) is 0 Å². The Morgan fingerprint density at radius 2 is 2.53 bits per heavy atom. The first-order valence-corrected chi connectivity index (χ1v) is 6.00. The SMILES string of the molecule is [B]N1CCCC1CCCc1nc[c-]s1.[Y]. The average Bonchev–Trinajstić information content (AvgIpc) is 2.78. The minimum atomic E-state index is 0. The van der Waals surface area contributed by atoms with Gasteiger partial charge in [0.05, 0.1) is 0 Å². The molecule has 1 aliphatic heterocycles. The molecule has 0 aliphatic carbocycles. The number of hydrogen-bond acceptors (Lipinski definition) is 3. The minimum absolute atomic E-state index is 0. The van der Waals surface area contributed by atoms with Crippen LogP contribution >= 0.6 is 11.3 Å². The van der Waals surface area contributed by atoms with Crippen molar-refractivity contribution in [2.45, 2.75) is 38.1 Å². The summed E-state index contributed by atoms with van der Waals surface area (Å²) in [5.41, 5.74) is 0. The third-order valence-corrected chi connectivity index (χ3v) is 3.56. The van der Waals surface area contributed by atoms with Crippen molar-refractivity contribution < 1.29 is 32.7 Å². The first-order valence-electron chi connectivity index (χ1n) is 5.18. The summed E-state index contributed by atoms with van der Waals surface area (Å²) in [4.78, 5) is 6.21. The summed E-state index contributed by atoms with van der Waals surface area (Å²) in [7, 11) is 5.85. The molecular formula is C10H14BN2SY-. The minimum Gasteiger partial charge on any atom is -0.364 e. The summed E-state index contributed by atoms with van der Waals surface area (Å²) in [5, 5.41) is 4.21. The molecule has 0 N–H and O–H groups in total. The van der Waals surface area contributed by atoms with Crippen LogP contribution in [0.25, 0.3) is 0 Å². The van der Waals surface area contributed by atoms with Gasteiger partial charge in [-0.1, -0.05) is 24.0 Å². The fraction of sp³-hybridized carbons (Fsp3) is 0.700. The second-order valence-electron chi connectivity index (χ2n) is 3.80. The van der Waals surface area contributed by atoms with E-state index in [1.807, 2.05) is 4.81 Å². The van der Waals surface area contributed by atoms with Crippen LogP contribution in [0.4, 0.5) is 0 Å². The topological polar surface area (TPSA) is 16.1 Å². The van der Waals surface area contributed by atoms with Gasteiger partial charge in [0, 0.05) is 32.7 Å². The smallest absolute Gasteiger partial charge is 0.182 e. The van der Waals surface area contributed by atoms with Gasteiger partial charge in [-0.25, -0.2) is 0 Å². The molecule has 2 nitrogen and oxygen atoms in total. The van der Waals surface area contributed by atoms with E-state index in [0.29, 0.717) is 6.04 Å². The van der Waals surface area contributed by atoms with Crippen molar-refractivity contribution >= 4 is 19.3 Å². The first-order chi connectivity index (χ1) is 6.86. The molecule has 1 atom stereocenters. The average molecular weight is 294 g/mol. The van der Waals surface area contributed by atoms with Crippen LogP contribution in [0, 0.1) is 5.38 Å². The zero-order valence-corrected chi connectivity index (χ0v) is 12.5. The molecule has 77 valence electrons. The van der Waals surface area contributed by atoms with Crippen LogP contribution in [0.3, 0.4) is 0 Å². The molecular weight excluding hydrogens is 280 g/mol. The molecule has 3 radical (unpaired) electrons. The van der Waals surface area contributed by atoms with E-state index in [0.717, 1.165) is 13.0 Å². The molecule has 1 unspecified atom stereocenters. The number of hydrogen-bond donors (Lipinski definition) is 0. The molecule has 1 saturated heterocycles. The molecule has 1 aromatic rings. The molecule has 1 fully saturated rings. The van der Waals surface area contributed by atoms with E-state index in [1.54, 1.807) is 17.5 Å². The third-order valence-electron chi connectivity index (χ3n) is 2.79. The predicted molar refractivity (Wildman–Crippen MR) is 59.4 cm³/mol. The molecule has 0 spiro atoms. The van der Waals surface area contributed by atoms with Crippen molar-refractivity contribution in [3.05, 3.63) is 16.6 Å². The molecule has 5 heteroatoms. The van der Waals surface area contributed by atoms with Gasteiger partial charge in [0.25, 0.3) is 0 Å². The van der Waals surface area contributed by atoms with Crippen LogP contribution < -0.4 is 0 Å². The van der Waals surface area contributed by atoms with Gasteiger partial charge in [-0.05, 0) is 31.8 Å². The maximum absolute atomic E-state index is 5.85. The summed E-state index contributed by atoms with van der Waals surface area (Å²) in [6.07, 6.45) is 7.76. The Hall–Kier alpha value is 0.759. The van der Waals surface area contributed by atoms with Crippen molar-refractivity contribution in [2.75, 3.05) is 6.54 Å². The summed E-state index contributed by atoms with van der Waals surface area (Å²) in [5.74, 6) is 0. The number of aryl methyl sites for hydroxylation is 1. The number of aromatic nitrogens is 1. The number of rotatable bonds is 4. The second kappa shape index (κ2) is 7.16. The van der Waals surface area contributed by atoms with E-state index in [-0.39, 0.29) is 32.7 Å². The van der Waals surface area contributed by atoms with Crippen molar-refractivity contribution in [1.29, 1.82) is 0 Å². The van der Waals surface area contributed by atoms with E-state index in [1.165, 1.54) is 30.7 Å². The van der Waals surface area contributed by atoms with Crippen molar-refractivity contribution in [3.8, 4) is 0 Å². The molecule has 2 heterocycles. The van der Waals surface area contributed by atoms with Crippen LogP contribution in [0.5, 0.6) is 0 Å². The van der Waals surface area contributed by atoms with Gasteiger partial charge in [-0.3, -0.25) is 0 Å². The van der Waals surface area contributed by atoms with E-state index in [2.05, 4.69) is 10.4 Å². The van der Waals surface area contributed by atoms with Gasteiger partial charge in [0.2, 0.25) is 0 Å². The normalized spacial score (nSPS) is 21.5. The van der Waals surface area contributed by atoms with Gasteiger partial charge >= 0.3 is 0 Å². The summed E-state index contributed by atoms with van der Waals surface area (Å²) < 4.78 is 0. The van der Waals surface area contributed by atoms with E-state index < -0.39 is 0 Å². The fourth-order valence-corrected chi connectivity index (χ4v) is 2.58. The molecule has 0 aromatic carbocycles. The molecule has 0 bridgehead atoms. The molecule has 2 rings (SSSR count). The summed E-state index contributed by atoms with van der Waals surface area (Å²) >= 11 is 1.63. The van der Waals surface area contributed by atoms with Crippen LogP contribution in [0.2, 0.25) is 0 Å². The quantitative estimate of drug-likeness (QED) is 0.622. The van der Waals surface area contributed by atoms with Crippen molar-refractivity contribution in [1.82, 2.24) is 9.79 Å². The van der Waals surface area contributed by atoms with Gasteiger partial charge in [-0.15, -0.1) is 0 Å². The van der Waals surface area contributed by atoms with Gasteiger partial charge in [0.15, 0.2) is 7.98 Å². The standard InChI is InChI=1S/C10H14BN2S.Y/c11-13-7-2-4-9(13)3-1-5-10-12-6-8-14-10;/h6,9H,1-5,7H2;/q-1;. The fourth-order valence-electron chi connectivity index (χ4n) is 1.99. The second-order valence-corrected chi connectivity index (χ2v) is 4.71. The maximum Gasteiger partial charge on any atom is 0.182 e. The van der Waals surface area contributed by atoms with Gasteiger partial charge in [-0.2, -0.15) is 5.38 Å². The van der Waals surface area contributed by atoms with E-state index >= 15 is 0 Å². The zero-order chi connectivity index (χ0) is 9.80.